The molecule has 162 valence electrons. The van der Waals surface area contributed by atoms with Crippen LogP contribution in [-0.4, -0.2) is 33.8 Å². The molecule has 0 unspecified atom stereocenters. The summed E-state index contributed by atoms with van der Waals surface area (Å²) in [5.74, 6) is 0.277. The summed E-state index contributed by atoms with van der Waals surface area (Å²) in [6.07, 6.45) is 0.654. The molecule has 2 aliphatic heterocycles. The first kappa shape index (κ1) is 22.0. The fraction of sp³-hybridized carbons (Fsp3) is 0.318. The van der Waals surface area contributed by atoms with Gasteiger partial charge >= 0.3 is 5.97 Å². The predicted octanol–water partition coefficient (Wildman–Crippen LogP) is 5.86. The van der Waals surface area contributed by atoms with Crippen LogP contribution in [0.4, 0.5) is 0 Å². The number of hydrogen-bond donors (Lipinski definition) is 0. The van der Waals surface area contributed by atoms with Crippen LogP contribution >= 0.6 is 35.0 Å². The molecule has 1 aromatic carbocycles. The van der Waals surface area contributed by atoms with Crippen molar-refractivity contribution in [3.63, 3.8) is 0 Å². The average molecular weight is 479 g/mol. The summed E-state index contributed by atoms with van der Waals surface area (Å²) in [6, 6.07) is 7.81. The zero-order chi connectivity index (χ0) is 22.3. The van der Waals surface area contributed by atoms with E-state index in [-0.39, 0.29) is 23.3 Å². The van der Waals surface area contributed by atoms with Gasteiger partial charge in [0, 0.05) is 10.6 Å². The number of benzene rings is 1. The van der Waals surface area contributed by atoms with Crippen LogP contribution in [0.25, 0.3) is 11.3 Å². The van der Waals surface area contributed by atoms with Crippen molar-refractivity contribution in [2.75, 3.05) is 6.61 Å². The molecule has 0 radical (unpaired) electrons. The quantitative estimate of drug-likeness (QED) is 0.503. The average Bonchev–Trinajstić information content (AvgIpc) is 3.33. The second-order valence-electron chi connectivity index (χ2n) is 7.07. The van der Waals surface area contributed by atoms with E-state index < -0.39 is 12.0 Å². The number of carbonyl (C=O) groups is 2. The SMILES string of the molecule is CCOC(=O)C1=C(C)N=C2S[C@@H](CC)C(=O)N2[C@@H]1c1ccc(-c2cc(Cl)ccc2Cl)o1. The number of furan rings is 1. The van der Waals surface area contributed by atoms with Crippen LogP contribution in [0.5, 0.6) is 0 Å². The molecule has 1 aromatic heterocycles. The molecule has 0 bridgehead atoms. The summed E-state index contributed by atoms with van der Waals surface area (Å²) >= 11 is 13.9. The number of halogens is 2. The molecule has 0 N–H and O–H groups in total. The molecule has 0 saturated carbocycles. The molecule has 1 amide bonds. The maximum atomic E-state index is 13.1. The summed E-state index contributed by atoms with van der Waals surface area (Å²) in [6.45, 7) is 5.63. The highest BCUT2D eigenvalue weighted by molar-refractivity contribution is 8.15. The highest BCUT2D eigenvalue weighted by Gasteiger charge is 2.48. The molecule has 31 heavy (non-hydrogen) atoms. The van der Waals surface area contributed by atoms with Crippen LogP contribution in [0.2, 0.25) is 10.0 Å². The molecule has 0 aliphatic carbocycles. The van der Waals surface area contributed by atoms with E-state index in [4.69, 9.17) is 32.4 Å². The molecule has 2 aromatic rings. The maximum absolute atomic E-state index is 13.1. The first-order valence-electron chi connectivity index (χ1n) is 9.87. The number of allylic oxidation sites excluding steroid dienone is 1. The van der Waals surface area contributed by atoms with Crippen molar-refractivity contribution in [3.05, 3.63) is 57.4 Å². The summed E-state index contributed by atoms with van der Waals surface area (Å²) in [5, 5.41) is 1.30. The van der Waals surface area contributed by atoms with Gasteiger partial charge in [0.25, 0.3) is 0 Å². The van der Waals surface area contributed by atoms with Crippen molar-refractivity contribution in [2.45, 2.75) is 38.5 Å². The number of fused-ring (bicyclic) bond motifs is 1. The van der Waals surface area contributed by atoms with Gasteiger partial charge in [0.1, 0.15) is 17.6 Å². The number of amidine groups is 1. The van der Waals surface area contributed by atoms with Crippen molar-refractivity contribution < 1.29 is 18.7 Å². The standard InChI is InChI=1S/C22H20Cl2N2O4S/c1-4-17-20(27)26-19(18(21(28)29-5-2)11(3)25-22(26)31-17)16-9-8-15(30-16)13-10-12(23)6-7-14(13)24/h6-10,17,19H,4-5H2,1-3H3/t17-,19+/m0/s1. The van der Waals surface area contributed by atoms with Crippen LogP contribution in [0.3, 0.4) is 0 Å². The van der Waals surface area contributed by atoms with Gasteiger partial charge in [0.05, 0.1) is 28.1 Å². The van der Waals surface area contributed by atoms with Crippen LogP contribution < -0.4 is 0 Å². The second kappa shape index (κ2) is 8.73. The number of hydrogen-bond acceptors (Lipinski definition) is 6. The van der Waals surface area contributed by atoms with E-state index in [1.807, 2.05) is 6.92 Å². The largest absolute Gasteiger partial charge is 0.463 e. The third-order valence-corrected chi connectivity index (χ3v) is 6.99. The van der Waals surface area contributed by atoms with Crippen molar-refractivity contribution >= 4 is 52.0 Å². The van der Waals surface area contributed by atoms with E-state index in [1.54, 1.807) is 49.1 Å². The van der Waals surface area contributed by atoms with Gasteiger partial charge in [0.15, 0.2) is 5.17 Å². The Balaban J connectivity index is 1.82. The van der Waals surface area contributed by atoms with Crippen LogP contribution in [0.15, 0.2) is 51.0 Å². The van der Waals surface area contributed by atoms with Gasteiger partial charge in [-0.25, -0.2) is 9.79 Å². The molecule has 3 heterocycles. The Morgan fingerprint density at radius 3 is 2.74 bits per heavy atom. The molecule has 9 heteroatoms. The minimum atomic E-state index is -0.769. The predicted molar refractivity (Wildman–Crippen MR) is 122 cm³/mol. The van der Waals surface area contributed by atoms with Gasteiger partial charge in [-0.05, 0) is 50.6 Å². The fourth-order valence-corrected chi connectivity index (χ4v) is 5.18. The molecule has 2 atom stereocenters. The van der Waals surface area contributed by atoms with E-state index in [2.05, 4.69) is 4.99 Å². The first-order valence-corrected chi connectivity index (χ1v) is 11.5. The Hall–Kier alpha value is -2.22. The summed E-state index contributed by atoms with van der Waals surface area (Å²) < 4.78 is 11.4. The molecule has 2 aliphatic rings. The Kier molecular flexibility index (Phi) is 6.19. The smallest absolute Gasteiger partial charge is 0.338 e. The monoisotopic (exact) mass is 478 g/mol. The van der Waals surface area contributed by atoms with Gasteiger partial charge in [0.2, 0.25) is 5.91 Å². The molecule has 4 rings (SSSR count). The van der Waals surface area contributed by atoms with Gasteiger partial charge in [-0.2, -0.15) is 0 Å². The minimum absolute atomic E-state index is 0.107. The summed E-state index contributed by atoms with van der Waals surface area (Å²) in [5.41, 5.74) is 1.41. The Morgan fingerprint density at radius 2 is 2.03 bits per heavy atom. The second-order valence-corrected chi connectivity index (χ2v) is 9.08. The molecule has 1 fully saturated rings. The lowest BCUT2D eigenvalue weighted by molar-refractivity contribution is -0.139. The number of nitrogens with zero attached hydrogens (tertiary/aromatic N) is 2. The topological polar surface area (TPSA) is 72.1 Å². The van der Waals surface area contributed by atoms with Gasteiger partial charge < -0.3 is 9.15 Å². The molecule has 6 nitrogen and oxygen atoms in total. The van der Waals surface area contributed by atoms with E-state index in [0.29, 0.717) is 44.4 Å². The molecule has 0 spiro atoms. The van der Waals surface area contributed by atoms with Crippen LogP contribution in [0.1, 0.15) is 39.0 Å². The van der Waals surface area contributed by atoms with Crippen LogP contribution in [0, 0.1) is 0 Å². The highest BCUT2D eigenvalue weighted by Crippen LogP contribution is 2.45. The third-order valence-electron chi connectivity index (χ3n) is 5.11. The lowest BCUT2D eigenvalue weighted by Crippen LogP contribution is -2.40. The number of rotatable bonds is 5. The lowest BCUT2D eigenvalue weighted by Gasteiger charge is -2.31. The van der Waals surface area contributed by atoms with Crippen LogP contribution in [-0.2, 0) is 14.3 Å². The van der Waals surface area contributed by atoms with Crippen molar-refractivity contribution in [1.82, 2.24) is 4.90 Å². The highest BCUT2D eigenvalue weighted by atomic mass is 35.5. The van der Waals surface area contributed by atoms with Gasteiger partial charge in [-0.1, -0.05) is 41.9 Å². The van der Waals surface area contributed by atoms with Crippen molar-refractivity contribution in [2.24, 2.45) is 4.99 Å². The summed E-state index contributed by atoms with van der Waals surface area (Å²) in [7, 11) is 0. The molecule has 1 saturated heterocycles. The Bertz CT molecular complexity index is 1120. The Morgan fingerprint density at radius 1 is 1.26 bits per heavy atom. The van der Waals surface area contributed by atoms with Crippen molar-refractivity contribution in [1.29, 1.82) is 0 Å². The van der Waals surface area contributed by atoms with E-state index in [9.17, 15) is 9.59 Å². The zero-order valence-corrected chi connectivity index (χ0v) is 19.5. The number of amides is 1. The zero-order valence-electron chi connectivity index (χ0n) is 17.1. The first-order chi connectivity index (χ1) is 14.8. The minimum Gasteiger partial charge on any atom is -0.463 e. The molecular formula is C22H20Cl2N2O4S. The fourth-order valence-electron chi connectivity index (χ4n) is 3.66. The number of thioether (sulfide) groups is 1. The maximum Gasteiger partial charge on any atom is 0.338 e. The van der Waals surface area contributed by atoms with E-state index >= 15 is 0 Å². The number of carbonyl (C=O) groups excluding carboxylic acids is 2. The van der Waals surface area contributed by atoms with E-state index in [1.165, 1.54) is 11.8 Å². The molecular weight excluding hydrogens is 459 g/mol. The summed E-state index contributed by atoms with van der Waals surface area (Å²) in [4.78, 5) is 32.0. The third kappa shape index (κ3) is 3.90. The number of aliphatic imine (C=N–C) groups is 1. The van der Waals surface area contributed by atoms with Crippen molar-refractivity contribution in [3.8, 4) is 11.3 Å². The number of esters is 1. The van der Waals surface area contributed by atoms with E-state index in [0.717, 1.165) is 0 Å². The lowest BCUT2D eigenvalue weighted by atomic mass is 9.99. The van der Waals surface area contributed by atoms with Gasteiger partial charge in [-0.15, -0.1) is 0 Å². The Labute approximate surface area is 194 Å². The normalized spacial score (nSPS) is 20.7. The van der Waals surface area contributed by atoms with Gasteiger partial charge in [-0.3, -0.25) is 9.69 Å². The number of ether oxygens (including phenoxy) is 1.